The molecule has 2 amide bonds. The molecule has 0 radical (unpaired) electrons. The number of nitrogens with two attached hydrogens (primary N) is 1. The average Bonchev–Trinajstić information content (AvgIpc) is 2.86. The second-order valence-corrected chi connectivity index (χ2v) is 8.00. The van der Waals surface area contributed by atoms with Crippen molar-refractivity contribution in [3.63, 3.8) is 0 Å². The van der Waals surface area contributed by atoms with Gasteiger partial charge in [-0.15, -0.1) is 0 Å². The molecule has 1 aliphatic heterocycles. The van der Waals surface area contributed by atoms with Gasteiger partial charge in [-0.1, -0.05) is 38.3 Å². The van der Waals surface area contributed by atoms with E-state index in [0.717, 1.165) is 25.8 Å². The number of carbonyl (C=O) groups is 2. The van der Waals surface area contributed by atoms with Crippen LogP contribution >= 0.6 is 11.6 Å². The first-order chi connectivity index (χ1) is 13.9. The predicted molar refractivity (Wildman–Crippen MR) is 113 cm³/mol. The minimum absolute atomic E-state index is 0.0536. The van der Waals surface area contributed by atoms with Crippen molar-refractivity contribution in [2.45, 2.75) is 51.6 Å². The minimum Gasteiger partial charge on any atom is -0.350 e. The first kappa shape index (κ1) is 23.6. The molecule has 0 saturated carbocycles. The van der Waals surface area contributed by atoms with Crippen LogP contribution in [0.5, 0.6) is 0 Å². The lowest BCUT2D eigenvalue weighted by Crippen LogP contribution is -2.50. The molecule has 0 bridgehead atoms. The number of amides is 2. The van der Waals surface area contributed by atoms with Gasteiger partial charge in [0.05, 0.1) is 11.1 Å². The third-order valence-corrected chi connectivity index (χ3v) is 5.86. The number of benzene rings is 1. The van der Waals surface area contributed by atoms with Gasteiger partial charge in [-0.2, -0.15) is 0 Å². The first-order valence-corrected chi connectivity index (χ1v) is 10.7. The Bertz CT molecular complexity index is 699. The van der Waals surface area contributed by atoms with Crippen LogP contribution in [0, 0.1) is 11.7 Å². The van der Waals surface area contributed by atoms with E-state index < -0.39 is 5.82 Å². The SMILES string of the molecule is CCC(CC)CN1CC[C@@H](CNC(=O)c2ccc(F)c(Cl)c2)N[C@@H](CCN)C1=O. The van der Waals surface area contributed by atoms with Crippen molar-refractivity contribution in [1.29, 1.82) is 0 Å². The highest BCUT2D eigenvalue weighted by atomic mass is 35.5. The molecule has 1 aromatic rings. The summed E-state index contributed by atoms with van der Waals surface area (Å²) in [5.74, 6) is -0.318. The van der Waals surface area contributed by atoms with Crippen LogP contribution in [0.4, 0.5) is 4.39 Å². The molecule has 0 spiro atoms. The van der Waals surface area contributed by atoms with Crippen LogP contribution in [0.15, 0.2) is 18.2 Å². The van der Waals surface area contributed by atoms with Crippen molar-refractivity contribution in [2.75, 3.05) is 26.2 Å². The van der Waals surface area contributed by atoms with Gasteiger partial charge in [0.1, 0.15) is 5.82 Å². The maximum atomic E-state index is 13.3. The molecule has 1 aromatic carbocycles. The standard InChI is InChI=1S/C21H32ClFN4O2/c1-3-14(4-2)13-27-10-8-16(26-19(7-9-24)21(27)29)12-25-20(28)15-5-6-18(23)17(22)11-15/h5-6,11,14,16,19,26H,3-4,7-10,12-13,24H2,1-2H3,(H,25,28)/t16-,19-/m0/s1. The molecule has 0 aliphatic carbocycles. The maximum Gasteiger partial charge on any atom is 0.251 e. The molecular formula is C21H32ClFN4O2. The van der Waals surface area contributed by atoms with Crippen molar-refractivity contribution in [3.05, 3.63) is 34.6 Å². The molecule has 0 aromatic heterocycles. The van der Waals surface area contributed by atoms with E-state index in [0.29, 0.717) is 37.5 Å². The molecule has 4 N–H and O–H groups in total. The number of halogens is 2. The zero-order valence-electron chi connectivity index (χ0n) is 17.2. The van der Waals surface area contributed by atoms with Crippen LogP contribution in [0.3, 0.4) is 0 Å². The van der Waals surface area contributed by atoms with Crippen molar-refractivity contribution >= 4 is 23.4 Å². The molecule has 2 atom stereocenters. The largest absolute Gasteiger partial charge is 0.350 e. The molecule has 162 valence electrons. The van der Waals surface area contributed by atoms with E-state index in [1.54, 1.807) is 0 Å². The summed E-state index contributed by atoms with van der Waals surface area (Å²) in [5.41, 5.74) is 6.02. The normalized spacial score (nSPS) is 20.1. The van der Waals surface area contributed by atoms with E-state index in [1.807, 2.05) is 4.90 Å². The summed E-state index contributed by atoms with van der Waals surface area (Å²) in [6, 6.07) is 3.48. The Morgan fingerprint density at radius 1 is 1.41 bits per heavy atom. The monoisotopic (exact) mass is 426 g/mol. The number of nitrogens with zero attached hydrogens (tertiary/aromatic N) is 1. The van der Waals surface area contributed by atoms with Crippen LogP contribution in [0.25, 0.3) is 0 Å². The van der Waals surface area contributed by atoms with E-state index in [2.05, 4.69) is 24.5 Å². The van der Waals surface area contributed by atoms with Crippen LogP contribution in [-0.4, -0.2) is 55.0 Å². The fourth-order valence-corrected chi connectivity index (χ4v) is 3.79. The van der Waals surface area contributed by atoms with Gasteiger partial charge in [0.2, 0.25) is 5.91 Å². The minimum atomic E-state index is -0.561. The van der Waals surface area contributed by atoms with E-state index >= 15 is 0 Å². The molecule has 8 heteroatoms. The Morgan fingerprint density at radius 3 is 2.76 bits per heavy atom. The van der Waals surface area contributed by atoms with Crippen molar-refractivity contribution in [1.82, 2.24) is 15.5 Å². The topological polar surface area (TPSA) is 87.5 Å². The van der Waals surface area contributed by atoms with Gasteiger partial charge in [0.15, 0.2) is 0 Å². The highest BCUT2D eigenvalue weighted by Crippen LogP contribution is 2.17. The van der Waals surface area contributed by atoms with Gasteiger partial charge in [-0.25, -0.2) is 4.39 Å². The fraction of sp³-hybridized carbons (Fsp3) is 0.619. The molecule has 6 nitrogen and oxygen atoms in total. The lowest BCUT2D eigenvalue weighted by atomic mass is 10.0. The fourth-order valence-electron chi connectivity index (χ4n) is 3.61. The lowest BCUT2D eigenvalue weighted by molar-refractivity contribution is -0.133. The number of hydrogen-bond donors (Lipinski definition) is 3. The molecule has 1 heterocycles. The second kappa shape index (κ2) is 11.5. The Kier molecular flexibility index (Phi) is 9.33. The van der Waals surface area contributed by atoms with Crippen LogP contribution in [0.1, 0.15) is 49.9 Å². The Morgan fingerprint density at radius 2 is 2.14 bits per heavy atom. The number of hydrogen-bond acceptors (Lipinski definition) is 4. The average molecular weight is 427 g/mol. The van der Waals surface area contributed by atoms with E-state index in [-0.39, 0.29) is 28.9 Å². The third-order valence-electron chi connectivity index (χ3n) is 5.57. The van der Waals surface area contributed by atoms with Gasteiger partial charge in [-0.05, 0) is 43.5 Å². The van der Waals surface area contributed by atoms with E-state index in [1.165, 1.54) is 18.2 Å². The summed E-state index contributed by atoms with van der Waals surface area (Å²) >= 11 is 5.76. The molecular weight excluding hydrogens is 395 g/mol. The van der Waals surface area contributed by atoms with Crippen molar-refractivity contribution in [2.24, 2.45) is 11.7 Å². The molecule has 2 rings (SSSR count). The van der Waals surface area contributed by atoms with Crippen LogP contribution in [-0.2, 0) is 4.79 Å². The number of rotatable bonds is 9. The quantitative estimate of drug-likeness (QED) is 0.566. The van der Waals surface area contributed by atoms with Crippen LogP contribution in [0.2, 0.25) is 5.02 Å². The van der Waals surface area contributed by atoms with Crippen LogP contribution < -0.4 is 16.4 Å². The molecule has 1 fully saturated rings. The summed E-state index contributed by atoms with van der Waals surface area (Å²) in [6.45, 7) is 6.46. The summed E-state index contributed by atoms with van der Waals surface area (Å²) in [6.07, 6.45) is 3.36. The summed E-state index contributed by atoms with van der Waals surface area (Å²) in [5, 5.41) is 6.13. The molecule has 1 aliphatic rings. The van der Waals surface area contributed by atoms with Gasteiger partial charge < -0.3 is 21.3 Å². The zero-order chi connectivity index (χ0) is 21.4. The third kappa shape index (κ3) is 6.66. The van der Waals surface area contributed by atoms with Crippen molar-refractivity contribution in [3.8, 4) is 0 Å². The van der Waals surface area contributed by atoms with Gasteiger partial charge >= 0.3 is 0 Å². The van der Waals surface area contributed by atoms with Crippen molar-refractivity contribution < 1.29 is 14.0 Å². The van der Waals surface area contributed by atoms with Gasteiger partial charge in [-0.3, -0.25) is 9.59 Å². The highest BCUT2D eigenvalue weighted by Gasteiger charge is 2.31. The predicted octanol–water partition coefficient (Wildman–Crippen LogP) is 2.55. The summed E-state index contributed by atoms with van der Waals surface area (Å²) < 4.78 is 13.3. The molecule has 29 heavy (non-hydrogen) atoms. The van der Waals surface area contributed by atoms with Gasteiger partial charge in [0.25, 0.3) is 5.91 Å². The number of carbonyl (C=O) groups excluding carboxylic acids is 2. The molecule has 0 unspecified atom stereocenters. The molecule has 1 saturated heterocycles. The van der Waals surface area contributed by atoms with E-state index in [4.69, 9.17) is 17.3 Å². The lowest BCUT2D eigenvalue weighted by Gasteiger charge is -2.27. The summed E-state index contributed by atoms with van der Waals surface area (Å²) in [7, 11) is 0. The highest BCUT2D eigenvalue weighted by molar-refractivity contribution is 6.31. The number of nitrogens with one attached hydrogen (secondary N) is 2. The van der Waals surface area contributed by atoms with Gasteiger partial charge in [0, 0.05) is 31.2 Å². The Balaban J connectivity index is 2.00. The smallest absolute Gasteiger partial charge is 0.251 e. The maximum absolute atomic E-state index is 13.3. The zero-order valence-corrected chi connectivity index (χ0v) is 18.0. The Labute approximate surface area is 177 Å². The van der Waals surface area contributed by atoms with E-state index in [9.17, 15) is 14.0 Å². The summed E-state index contributed by atoms with van der Waals surface area (Å²) in [4.78, 5) is 27.3. The Hall–Kier alpha value is -1.70. The first-order valence-electron chi connectivity index (χ1n) is 10.4. The second-order valence-electron chi connectivity index (χ2n) is 7.59.